The van der Waals surface area contributed by atoms with Crippen molar-refractivity contribution in [3.05, 3.63) is 58.6 Å². The van der Waals surface area contributed by atoms with Crippen molar-refractivity contribution in [1.82, 2.24) is 5.12 Å². The second-order valence-corrected chi connectivity index (χ2v) is 5.70. The quantitative estimate of drug-likeness (QED) is 0.264. The fraction of sp³-hybridized carbons (Fsp3) is 0.188. The third kappa shape index (κ3) is 5.25. The maximum absolute atomic E-state index is 12.6. The fourth-order valence-electron chi connectivity index (χ4n) is 2.09. The van der Waals surface area contributed by atoms with E-state index in [1.165, 1.54) is 12.1 Å². The zero-order chi connectivity index (χ0) is 19.3. The molecule has 0 saturated heterocycles. The number of aliphatic hydroxyl groups excluding tert-OH is 1. The molecule has 0 aliphatic carbocycles. The summed E-state index contributed by atoms with van der Waals surface area (Å²) in [4.78, 5) is 0. The van der Waals surface area contributed by atoms with Crippen molar-refractivity contribution in [2.45, 2.75) is 6.18 Å². The van der Waals surface area contributed by atoms with Crippen LogP contribution in [-0.2, 0) is 6.18 Å². The maximum atomic E-state index is 12.6. The lowest BCUT2D eigenvalue weighted by Gasteiger charge is -2.16. The van der Waals surface area contributed by atoms with Gasteiger partial charge in [-0.1, -0.05) is 11.6 Å². The molecule has 0 amide bonds. The molecule has 2 aromatic carbocycles. The van der Waals surface area contributed by atoms with Gasteiger partial charge < -0.3 is 16.2 Å². The van der Waals surface area contributed by atoms with Crippen molar-refractivity contribution in [3.63, 3.8) is 0 Å². The maximum Gasteiger partial charge on any atom is 0.416 e. The molecule has 0 radical (unpaired) electrons. The van der Waals surface area contributed by atoms with Crippen molar-refractivity contribution in [1.29, 1.82) is 0 Å². The molecule has 0 atom stereocenters. The number of rotatable bonds is 6. The highest BCUT2D eigenvalue weighted by Gasteiger charge is 2.29. The van der Waals surface area contributed by atoms with Crippen LogP contribution in [0.3, 0.4) is 0 Å². The van der Waals surface area contributed by atoms with E-state index in [-0.39, 0.29) is 19.0 Å². The third-order valence-corrected chi connectivity index (χ3v) is 3.55. The van der Waals surface area contributed by atoms with Gasteiger partial charge in [0.05, 0.1) is 24.4 Å². The van der Waals surface area contributed by atoms with E-state index >= 15 is 0 Å². The van der Waals surface area contributed by atoms with Crippen LogP contribution in [0.15, 0.2) is 47.6 Å². The lowest BCUT2D eigenvalue weighted by Crippen LogP contribution is -2.32. The zero-order valence-electron chi connectivity index (χ0n) is 13.5. The Morgan fingerprint density at radius 1 is 1.19 bits per heavy atom. The number of halogens is 4. The first kappa shape index (κ1) is 19.8. The molecule has 0 saturated carbocycles. The number of hydrazine groups is 1. The first-order valence-electron chi connectivity index (χ1n) is 7.42. The van der Waals surface area contributed by atoms with Gasteiger partial charge in [0, 0.05) is 16.3 Å². The predicted octanol–water partition coefficient (Wildman–Crippen LogP) is 2.89. The van der Waals surface area contributed by atoms with Crippen LogP contribution in [0, 0.1) is 0 Å². The fourth-order valence-corrected chi connectivity index (χ4v) is 2.26. The van der Waals surface area contributed by atoms with Gasteiger partial charge in [-0.2, -0.15) is 13.2 Å². The number of nitrogens with one attached hydrogen (secondary N) is 1. The van der Waals surface area contributed by atoms with Crippen LogP contribution in [0.4, 0.5) is 24.5 Å². The monoisotopic (exact) mass is 387 g/mol. The van der Waals surface area contributed by atoms with Crippen molar-refractivity contribution in [2.24, 2.45) is 16.7 Å². The second kappa shape index (κ2) is 8.26. The van der Waals surface area contributed by atoms with Crippen LogP contribution < -0.4 is 16.9 Å². The summed E-state index contributed by atoms with van der Waals surface area (Å²) in [6, 6.07) is 9.26. The molecule has 10 heteroatoms. The molecule has 2 aromatic rings. The molecule has 0 heterocycles. The molecule has 0 unspecified atom stereocenters. The van der Waals surface area contributed by atoms with Crippen molar-refractivity contribution >= 4 is 28.8 Å². The summed E-state index contributed by atoms with van der Waals surface area (Å²) in [6.07, 6.45) is -4.41. The van der Waals surface area contributed by atoms with Crippen molar-refractivity contribution < 1.29 is 18.3 Å². The average molecular weight is 388 g/mol. The first-order valence-corrected chi connectivity index (χ1v) is 7.80. The van der Waals surface area contributed by atoms with Crippen LogP contribution >= 0.6 is 11.6 Å². The van der Waals surface area contributed by atoms with Gasteiger partial charge in [0.1, 0.15) is 0 Å². The summed E-state index contributed by atoms with van der Waals surface area (Å²) < 4.78 is 37.9. The predicted molar refractivity (Wildman–Crippen MR) is 94.9 cm³/mol. The molecular weight excluding hydrogens is 371 g/mol. The van der Waals surface area contributed by atoms with E-state index in [1.54, 1.807) is 18.2 Å². The standard InChI is InChI=1S/C16H17ClF3N5O/c17-11-3-6-13(15(21)24-25(22)7-8-26)14(9-11)23-12-4-1-10(2-5-12)16(18,19)20/h1-6,9,23,26H,7-8,22H2,(H2,21,24). The van der Waals surface area contributed by atoms with Crippen LogP contribution in [0.2, 0.25) is 5.02 Å². The van der Waals surface area contributed by atoms with Gasteiger partial charge in [0.25, 0.3) is 0 Å². The van der Waals surface area contributed by atoms with E-state index < -0.39 is 11.7 Å². The lowest BCUT2D eigenvalue weighted by atomic mass is 10.1. The number of aliphatic hydroxyl groups is 1. The van der Waals surface area contributed by atoms with Crippen LogP contribution in [0.5, 0.6) is 0 Å². The minimum absolute atomic E-state index is 0.0482. The second-order valence-electron chi connectivity index (χ2n) is 5.26. The van der Waals surface area contributed by atoms with Gasteiger partial charge in [-0.3, -0.25) is 0 Å². The number of nitrogens with two attached hydrogens (primary N) is 2. The molecule has 2 rings (SSSR count). The normalized spacial score (nSPS) is 12.2. The Balaban J connectivity index is 2.30. The van der Waals surface area contributed by atoms with Gasteiger partial charge in [-0.05, 0) is 42.5 Å². The molecule has 0 aromatic heterocycles. The Kier molecular flexibility index (Phi) is 6.30. The van der Waals surface area contributed by atoms with E-state index in [0.29, 0.717) is 22.0 Å². The van der Waals surface area contributed by atoms with Crippen LogP contribution in [-0.4, -0.2) is 29.2 Å². The minimum Gasteiger partial charge on any atom is -0.394 e. The Morgan fingerprint density at radius 2 is 1.85 bits per heavy atom. The van der Waals surface area contributed by atoms with E-state index in [1.807, 2.05) is 0 Å². The lowest BCUT2D eigenvalue weighted by molar-refractivity contribution is -0.137. The largest absolute Gasteiger partial charge is 0.416 e. The summed E-state index contributed by atoms with van der Waals surface area (Å²) in [5.74, 6) is 5.61. The SMILES string of the molecule is N/C(=N\N(N)CCO)c1ccc(Cl)cc1Nc1ccc(C(F)(F)F)cc1. The topological polar surface area (TPSA) is 99.9 Å². The van der Waals surface area contributed by atoms with Gasteiger partial charge in [0.2, 0.25) is 0 Å². The van der Waals surface area contributed by atoms with E-state index in [9.17, 15) is 13.2 Å². The highest BCUT2D eigenvalue weighted by molar-refractivity contribution is 6.31. The van der Waals surface area contributed by atoms with Gasteiger partial charge >= 0.3 is 6.18 Å². The molecule has 0 fully saturated rings. The van der Waals surface area contributed by atoms with E-state index in [2.05, 4.69) is 10.4 Å². The molecule has 140 valence electrons. The number of hydrogen-bond donors (Lipinski definition) is 4. The highest BCUT2D eigenvalue weighted by Crippen LogP contribution is 2.31. The Labute approximate surface area is 152 Å². The third-order valence-electron chi connectivity index (χ3n) is 3.31. The number of hydrazone groups is 1. The Hall–Kier alpha value is -2.49. The zero-order valence-corrected chi connectivity index (χ0v) is 14.2. The molecule has 0 aliphatic heterocycles. The molecule has 6 N–H and O–H groups in total. The summed E-state index contributed by atoms with van der Waals surface area (Å²) in [6.45, 7) is -0.124. The molecular formula is C16H17ClF3N5O. The number of amidine groups is 1. The molecule has 6 nitrogen and oxygen atoms in total. The average Bonchev–Trinajstić information content (AvgIpc) is 2.54. The number of hydrogen-bond acceptors (Lipinski definition) is 5. The van der Waals surface area contributed by atoms with Gasteiger partial charge in [-0.25, -0.2) is 11.0 Å². The first-order chi connectivity index (χ1) is 12.2. The van der Waals surface area contributed by atoms with Crippen LogP contribution in [0.25, 0.3) is 0 Å². The summed E-state index contributed by atoms with van der Waals surface area (Å²) in [5.41, 5.74) is 6.47. The number of anilines is 2. The Bertz CT molecular complexity index is 780. The molecule has 0 bridgehead atoms. The number of alkyl halides is 3. The van der Waals surface area contributed by atoms with Crippen molar-refractivity contribution in [3.8, 4) is 0 Å². The summed E-state index contributed by atoms with van der Waals surface area (Å²) >= 11 is 5.99. The van der Waals surface area contributed by atoms with E-state index in [4.69, 9.17) is 28.3 Å². The van der Waals surface area contributed by atoms with E-state index in [0.717, 1.165) is 17.3 Å². The minimum atomic E-state index is -4.41. The summed E-state index contributed by atoms with van der Waals surface area (Å²) in [7, 11) is 0. The Morgan fingerprint density at radius 3 is 2.42 bits per heavy atom. The molecule has 0 aliphatic rings. The van der Waals surface area contributed by atoms with Gasteiger partial charge in [0.15, 0.2) is 5.84 Å². The molecule has 0 spiro atoms. The number of nitrogens with zero attached hydrogens (tertiary/aromatic N) is 2. The highest BCUT2D eigenvalue weighted by atomic mass is 35.5. The summed E-state index contributed by atoms with van der Waals surface area (Å²) in [5, 5.41) is 17.1. The smallest absolute Gasteiger partial charge is 0.394 e. The van der Waals surface area contributed by atoms with Crippen LogP contribution in [0.1, 0.15) is 11.1 Å². The molecule has 26 heavy (non-hydrogen) atoms. The number of benzene rings is 2. The van der Waals surface area contributed by atoms with Gasteiger partial charge in [-0.15, -0.1) is 5.10 Å². The van der Waals surface area contributed by atoms with Crippen molar-refractivity contribution in [2.75, 3.05) is 18.5 Å².